The number of fused-ring (bicyclic) bond motifs is 3. The molecule has 4 rings (SSSR count). The zero-order chi connectivity index (χ0) is 18.8. The Morgan fingerprint density at radius 3 is 2.93 bits per heavy atom. The molecule has 0 saturated heterocycles. The van der Waals surface area contributed by atoms with Crippen LogP contribution in [0.4, 0.5) is 0 Å². The second kappa shape index (κ2) is 7.83. The average molecular weight is 421 g/mol. The number of thiophene rings is 2. The van der Waals surface area contributed by atoms with Crippen molar-refractivity contribution in [3.8, 4) is 0 Å². The van der Waals surface area contributed by atoms with E-state index in [9.17, 15) is 14.4 Å². The summed E-state index contributed by atoms with van der Waals surface area (Å²) in [6, 6.07) is 3.43. The number of nitrogens with one attached hydrogen (secondary N) is 3. The smallest absolute Gasteiger partial charge is 0.279 e. The predicted octanol–water partition coefficient (Wildman–Crippen LogP) is 2.48. The van der Waals surface area contributed by atoms with E-state index in [4.69, 9.17) is 0 Å². The molecular weight excluding hydrogens is 404 g/mol. The highest BCUT2D eigenvalue weighted by Crippen LogP contribution is 2.34. The molecule has 3 N–H and O–H groups in total. The molecule has 7 nitrogen and oxygen atoms in total. The van der Waals surface area contributed by atoms with Crippen LogP contribution in [0.25, 0.3) is 10.2 Å². The Kier molecular flexibility index (Phi) is 5.28. The van der Waals surface area contributed by atoms with Crippen molar-refractivity contribution in [1.29, 1.82) is 0 Å². The van der Waals surface area contributed by atoms with Crippen LogP contribution in [0.15, 0.2) is 27.5 Å². The van der Waals surface area contributed by atoms with E-state index in [1.54, 1.807) is 28.8 Å². The van der Waals surface area contributed by atoms with Gasteiger partial charge in [-0.1, -0.05) is 17.8 Å². The molecule has 0 unspecified atom stereocenters. The van der Waals surface area contributed by atoms with Crippen LogP contribution in [0, 0.1) is 0 Å². The summed E-state index contributed by atoms with van der Waals surface area (Å²) in [6.45, 7) is 0. The van der Waals surface area contributed by atoms with Gasteiger partial charge in [-0.15, -0.1) is 22.7 Å². The van der Waals surface area contributed by atoms with E-state index in [0.29, 0.717) is 15.4 Å². The Morgan fingerprint density at radius 1 is 1.26 bits per heavy atom. The highest BCUT2D eigenvalue weighted by atomic mass is 32.2. The minimum absolute atomic E-state index is 0.0320. The summed E-state index contributed by atoms with van der Waals surface area (Å²) in [5, 5.41) is 2.89. The van der Waals surface area contributed by atoms with Gasteiger partial charge in [-0.05, 0) is 42.7 Å². The molecule has 0 radical (unpaired) electrons. The molecule has 0 aliphatic heterocycles. The van der Waals surface area contributed by atoms with Gasteiger partial charge in [0.15, 0.2) is 5.16 Å². The van der Waals surface area contributed by atoms with E-state index in [1.165, 1.54) is 16.2 Å². The molecule has 1 aliphatic rings. The van der Waals surface area contributed by atoms with Crippen molar-refractivity contribution in [2.45, 2.75) is 30.8 Å². The third kappa shape index (κ3) is 3.92. The molecule has 140 valence electrons. The minimum atomic E-state index is -0.377. The van der Waals surface area contributed by atoms with Crippen LogP contribution in [-0.2, 0) is 17.6 Å². The first-order valence-electron chi connectivity index (χ1n) is 8.42. The van der Waals surface area contributed by atoms with Crippen LogP contribution in [0.5, 0.6) is 0 Å². The number of H-pyrrole nitrogens is 1. The molecule has 3 heterocycles. The summed E-state index contributed by atoms with van der Waals surface area (Å²) in [5.74, 6) is -0.705. The number of aromatic nitrogens is 2. The Labute approximate surface area is 166 Å². The van der Waals surface area contributed by atoms with Gasteiger partial charge in [-0.3, -0.25) is 25.2 Å². The van der Waals surface area contributed by atoms with Crippen molar-refractivity contribution in [2.75, 3.05) is 5.75 Å². The number of nitrogens with zero attached hydrogens (tertiary/aromatic N) is 1. The standard InChI is InChI=1S/C17H16N4O3S3/c22-12(20-21-14(23)11-6-3-7-25-11)8-26-17-18-15(24)13-9-4-1-2-5-10(9)27-16(13)19-17/h3,6-7H,1-2,4-5,8H2,(H,20,22)(H,21,23)(H,18,19,24). The number of rotatable bonds is 4. The third-order valence-corrected chi connectivity index (χ3v) is 7.13. The number of carbonyl (C=O) groups excluding carboxylic acids is 2. The Morgan fingerprint density at radius 2 is 2.11 bits per heavy atom. The maximum absolute atomic E-state index is 12.5. The molecule has 3 aromatic rings. The lowest BCUT2D eigenvalue weighted by molar-refractivity contribution is -0.119. The van der Waals surface area contributed by atoms with Crippen LogP contribution in [-0.4, -0.2) is 27.5 Å². The fraction of sp³-hybridized carbons (Fsp3) is 0.294. The van der Waals surface area contributed by atoms with Gasteiger partial charge in [0.2, 0.25) is 5.91 Å². The molecule has 0 bridgehead atoms. The number of hydrogen-bond donors (Lipinski definition) is 3. The summed E-state index contributed by atoms with van der Waals surface area (Å²) in [4.78, 5) is 46.0. The highest BCUT2D eigenvalue weighted by Gasteiger charge is 2.20. The van der Waals surface area contributed by atoms with Crippen LogP contribution in [0.2, 0.25) is 0 Å². The van der Waals surface area contributed by atoms with Gasteiger partial charge in [0.1, 0.15) is 4.83 Å². The Bertz CT molecular complexity index is 1060. The normalized spacial score (nSPS) is 13.3. The van der Waals surface area contributed by atoms with Gasteiger partial charge in [0, 0.05) is 4.88 Å². The number of carbonyl (C=O) groups is 2. The van der Waals surface area contributed by atoms with Gasteiger partial charge in [0.25, 0.3) is 11.5 Å². The van der Waals surface area contributed by atoms with E-state index in [2.05, 4.69) is 20.8 Å². The highest BCUT2D eigenvalue weighted by molar-refractivity contribution is 7.99. The van der Waals surface area contributed by atoms with Crippen LogP contribution < -0.4 is 16.4 Å². The Balaban J connectivity index is 1.39. The van der Waals surface area contributed by atoms with Crippen LogP contribution >= 0.6 is 34.4 Å². The van der Waals surface area contributed by atoms with Gasteiger partial charge in [-0.25, -0.2) is 4.98 Å². The van der Waals surface area contributed by atoms with Crippen molar-refractivity contribution in [1.82, 2.24) is 20.8 Å². The van der Waals surface area contributed by atoms with Gasteiger partial charge in [0.05, 0.1) is 16.0 Å². The lowest BCUT2D eigenvalue weighted by atomic mass is 9.97. The lowest BCUT2D eigenvalue weighted by Gasteiger charge is -2.09. The first-order valence-corrected chi connectivity index (χ1v) is 11.1. The van der Waals surface area contributed by atoms with Gasteiger partial charge >= 0.3 is 0 Å². The second-order valence-electron chi connectivity index (χ2n) is 6.03. The van der Waals surface area contributed by atoms with E-state index < -0.39 is 0 Å². The lowest BCUT2D eigenvalue weighted by Crippen LogP contribution is -2.42. The molecule has 2 amide bonds. The maximum atomic E-state index is 12.5. The SMILES string of the molecule is O=C(CSc1nc2sc3c(c2c(=O)[nH]1)CCCC3)NNC(=O)c1cccs1. The van der Waals surface area contributed by atoms with E-state index >= 15 is 0 Å². The van der Waals surface area contributed by atoms with Gasteiger partial charge in [-0.2, -0.15) is 0 Å². The molecule has 27 heavy (non-hydrogen) atoms. The number of thioether (sulfide) groups is 1. The average Bonchev–Trinajstić information content (AvgIpc) is 3.32. The minimum Gasteiger partial charge on any atom is -0.301 e. The second-order valence-corrected chi connectivity index (χ2v) is 9.03. The monoisotopic (exact) mass is 420 g/mol. The molecule has 1 aliphatic carbocycles. The largest absolute Gasteiger partial charge is 0.301 e. The third-order valence-electron chi connectivity index (χ3n) is 4.20. The molecule has 0 atom stereocenters. The summed E-state index contributed by atoms with van der Waals surface area (Å²) in [5.41, 5.74) is 5.72. The number of hydrogen-bond acceptors (Lipinski definition) is 7. The summed E-state index contributed by atoms with van der Waals surface area (Å²) < 4.78 is 0. The van der Waals surface area contributed by atoms with E-state index in [-0.39, 0.29) is 23.1 Å². The molecule has 10 heteroatoms. The first-order chi connectivity index (χ1) is 13.1. The molecule has 3 aromatic heterocycles. The Hall–Kier alpha value is -2.17. The summed E-state index contributed by atoms with van der Waals surface area (Å²) in [6.07, 6.45) is 4.19. The zero-order valence-corrected chi connectivity index (χ0v) is 16.6. The number of aryl methyl sites for hydroxylation is 2. The summed E-state index contributed by atoms with van der Waals surface area (Å²) in [7, 11) is 0. The predicted molar refractivity (Wildman–Crippen MR) is 108 cm³/mol. The number of hydrazine groups is 1. The van der Waals surface area contributed by atoms with Crippen LogP contribution in [0.1, 0.15) is 33.0 Å². The molecular formula is C17H16N4O3S3. The fourth-order valence-corrected chi connectivity index (χ4v) is 5.58. The molecule has 0 saturated carbocycles. The van der Waals surface area contributed by atoms with E-state index in [1.807, 2.05) is 0 Å². The van der Waals surface area contributed by atoms with Crippen molar-refractivity contribution in [2.24, 2.45) is 0 Å². The molecule has 0 aromatic carbocycles. The van der Waals surface area contributed by atoms with Crippen molar-refractivity contribution in [3.05, 3.63) is 43.2 Å². The van der Waals surface area contributed by atoms with Crippen molar-refractivity contribution < 1.29 is 9.59 Å². The van der Waals surface area contributed by atoms with Gasteiger partial charge < -0.3 is 4.98 Å². The van der Waals surface area contributed by atoms with Crippen molar-refractivity contribution in [3.63, 3.8) is 0 Å². The van der Waals surface area contributed by atoms with E-state index in [0.717, 1.165) is 47.8 Å². The van der Waals surface area contributed by atoms with Crippen molar-refractivity contribution >= 4 is 56.5 Å². The number of aromatic amines is 1. The molecule has 0 spiro atoms. The maximum Gasteiger partial charge on any atom is 0.279 e. The number of amides is 2. The first kappa shape index (κ1) is 18.2. The topological polar surface area (TPSA) is 104 Å². The summed E-state index contributed by atoms with van der Waals surface area (Å²) >= 11 is 4.00. The fourth-order valence-electron chi connectivity index (χ4n) is 2.98. The quantitative estimate of drug-likeness (QED) is 0.342. The molecule has 0 fully saturated rings. The zero-order valence-electron chi connectivity index (χ0n) is 14.2. The van der Waals surface area contributed by atoms with Crippen LogP contribution in [0.3, 0.4) is 0 Å².